The zero-order valence-electron chi connectivity index (χ0n) is 12.6. The van der Waals surface area contributed by atoms with Crippen molar-refractivity contribution in [2.24, 2.45) is 0 Å². The van der Waals surface area contributed by atoms with Crippen molar-refractivity contribution in [2.75, 3.05) is 5.32 Å². The third kappa shape index (κ3) is 3.23. The Labute approximate surface area is 142 Å². The Morgan fingerprint density at radius 2 is 2.04 bits per heavy atom. The monoisotopic (exact) mass is 345 g/mol. The van der Waals surface area contributed by atoms with Gasteiger partial charge in [-0.05, 0) is 48.9 Å². The number of phenolic OH excluding ortho intramolecular Hbond substituents is 1. The Bertz CT molecular complexity index is 924. The van der Waals surface area contributed by atoms with E-state index in [2.05, 4.69) is 15.5 Å². The van der Waals surface area contributed by atoms with Crippen LogP contribution in [0.2, 0.25) is 5.02 Å². The van der Waals surface area contributed by atoms with Crippen LogP contribution in [-0.4, -0.2) is 21.2 Å². The predicted octanol–water partition coefficient (Wildman–Crippen LogP) is 4.14. The summed E-state index contributed by atoms with van der Waals surface area (Å²) in [5.41, 5.74) is 2.61. The summed E-state index contributed by atoms with van der Waals surface area (Å²) in [6, 6.07) is 10.6. The molecule has 3 rings (SSSR count). The number of aromatic nitrogens is 2. The summed E-state index contributed by atoms with van der Waals surface area (Å²) in [7, 11) is 0. The number of nitrogens with zero attached hydrogens (tertiary/aromatic N) is 1. The number of anilines is 1. The second-order valence-electron chi connectivity index (χ2n) is 5.25. The number of phenols is 1. The van der Waals surface area contributed by atoms with Crippen LogP contribution in [0.5, 0.6) is 5.75 Å². The van der Waals surface area contributed by atoms with Gasteiger partial charge in [-0.15, -0.1) is 0 Å². The summed E-state index contributed by atoms with van der Waals surface area (Å²) in [5, 5.41) is 19.3. The van der Waals surface area contributed by atoms with Gasteiger partial charge < -0.3 is 10.4 Å². The van der Waals surface area contributed by atoms with Crippen molar-refractivity contribution in [2.45, 2.75) is 6.92 Å². The molecule has 1 heterocycles. The minimum atomic E-state index is -0.719. The molecule has 0 unspecified atom stereocenters. The summed E-state index contributed by atoms with van der Waals surface area (Å²) in [5.74, 6) is -1.58. The van der Waals surface area contributed by atoms with Gasteiger partial charge in [-0.3, -0.25) is 9.89 Å². The molecule has 1 amide bonds. The largest absolute Gasteiger partial charge is 0.505 e. The molecule has 2 aromatic carbocycles. The Kier molecular flexibility index (Phi) is 4.22. The Morgan fingerprint density at radius 1 is 1.25 bits per heavy atom. The van der Waals surface area contributed by atoms with Gasteiger partial charge in [0.2, 0.25) is 0 Å². The van der Waals surface area contributed by atoms with Crippen LogP contribution in [0.25, 0.3) is 11.3 Å². The number of aromatic amines is 1. The van der Waals surface area contributed by atoms with Crippen molar-refractivity contribution in [1.82, 2.24) is 10.2 Å². The lowest BCUT2D eigenvalue weighted by Crippen LogP contribution is -2.13. The van der Waals surface area contributed by atoms with Crippen LogP contribution in [0.3, 0.4) is 0 Å². The molecule has 0 aliphatic heterocycles. The third-order valence-corrected chi connectivity index (χ3v) is 3.75. The molecule has 0 atom stereocenters. The Hall–Kier alpha value is -2.86. The molecule has 0 spiro atoms. The second-order valence-corrected chi connectivity index (χ2v) is 5.68. The minimum Gasteiger partial charge on any atom is -0.505 e. The third-order valence-electron chi connectivity index (χ3n) is 3.51. The second kappa shape index (κ2) is 6.33. The Morgan fingerprint density at radius 3 is 2.79 bits per heavy atom. The van der Waals surface area contributed by atoms with E-state index in [1.165, 1.54) is 18.2 Å². The van der Waals surface area contributed by atoms with Gasteiger partial charge in [-0.2, -0.15) is 5.10 Å². The van der Waals surface area contributed by atoms with Crippen LogP contribution < -0.4 is 5.32 Å². The number of carbonyl (C=O) groups excluding carboxylic acids is 1. The first-order chi connectivity index (χ1) is 11.4. The first-order valence-corrected chi connectivity index (χ1v) is 7.43. The maximum absolute atomic E-state index is 13.1. The first-order valence-electron chi connectivity index (χ1n) is 7.06. The van der Waals surface area contributed by atoms with E-state index in [9.17, 15) is 14.3 Å². The summed E-state index contributed by atoms with van der Waals surface area (Å²) >= 11 is 5.93. The van der Waals surface area contributed by atoms with Crippen LogP contribution in [0, 0.1) is 12.7 Å². The van der Waals surface area contributed by atoms with Gasteiger partial charge in [0.05, 0.1) is 5.69 Å². The lowest BCUT2D eigenvalue weighted by atomic mass is 10.1. The van der Waals surface area contributed by atoms with Gasteiger partial charge >= 0.3 is 0 Å². The molecule has 24 heavy (non-hydrogen) atoms. The van der Waals surface area contributed by atoms with Crippen LogP contribution in [0.15, 0.2) is 42.5 Å². The zero-order chi connectivity index (χ0) is 17.3. The highest BCUT2D eigenvalue weighted by molar-refractivity contribution is 6.31. The average Bonchev–Trinajstić information content (AvgIpc) is 3.03. The fraction of sp³-hybridized carbons (Fsp3) is 0.0588. The molecule has 0 fully saturated rings. The van der Waals surface area contributed by atoms with Gasteiger partial charge in [0.15, 0.2) is 11.6 Å². The smallest absolute Gasteiger partial charge is 0.273 e. The van der Waals surface area contributed by atoms with Gasteiger partial charge in [-0.25, -0.2) is 4.39 Å². The summed E-state index contributed by atoms with van der Waals surface area (Å²) in [4.78, 5) is 12.3. The maximum Gasteiger partial charge on any atom is 0.273 e. The van der Waals surface area contributed by atoms with E-state index in [4.69, 9.17) is 11.6 Å². The lowest BCUT2D eigenvalue weighted by molar-refractivity contribution is 0.102. The van der Waals surface area contributed by atoms with E-state index in [0.717, 1.165) is 11.6 Å². The van der Waals surface area contributed by atoms with E-state index in [1.807, 2.05) is 6.92 Å². The summed E-state index contributed by atoms with van der Waals surface area (Å²) in [6.07, 6.45) is 0. The molecule has 0 saturated heterocycles. The number of nitrogens with one attached hydrogen (secondary N) is 2. The molecular formula is C17H13ClFN3O2. The number of rotatable bonds is 3. The van der Waals surface area contributed by atoms with E-state index >= 15 is 0 Å². The standard InChI is InChI=1S/C17H13ClFN3O2/c1-9-2-4-11(18)7-13(9)20-17(24)15-8-14(21-22-15)10-3-5-12(19)16(23)6-10/h2-8,23H,1H3,(H,20,24)(H,21,22). The van der Waals surface area contributed by atoms with Crippen LogP contribution in [-0.2, 0) is 0 Å². The van der Waals surface area contributed by atoms with Crippen LogP contribution >= 0.6 is 11.6 Å². The molecule has 0 aliphatic rings. The van der Waals surface area contributed by atoms with E-state index in [-0.39, 0.29) is 11.6 Å². The van der Waals surface area contributed by atoms with E-state index < -0.39 is 11.6 Å². The minimum absolute atomic E-state index is 0.230. The first kappa shape index (κ1) is 16.0. The molecule has 0 aliphatic carbocycles. The Balaban J connectivity index is 1.83. The predicted molar refractivity (Wildman–Crippen MR) is 89.8 cm³/mol. The topological polar surface area (TPSA) is 78.0 Å². The van der Waals surface area contributed by atoms with E-state index in [0.29, 0.717) is 22.0 Å². The lowest BCUT2D eigenvalue weighted by Gasteiger charge is -2.07. The van der Waals surface area contributed by atoms with Crippen molar-refractivity contribution >= 4 is 23.2 Å². The number of aryl methyl sites for hydroxylation is 1. The van der Waals surface area contributed by atoms with Gasteiger partial charge in [0, 0.05) is 16.3 Å². The molecule has 3 N–H and O–H groups in total. The number of hydrogen-bond donors (Lipinski definition) is 3. The van der Waals surface area contributed by atoms with Crippen molar-refractivity contribution in [1.29, 1.82) is 0 Å². The number of halogens is 2. The van der Waals surface area contributed by atoms with Crippen LogP contribution in [0.4, 0.5) is 10.1 Å². The highest BCUT2D eigenvalue weighted by atomic mass is 35.5. The maximum atomic E-state index is 13.1. The average molecular weight is 346 g/mol. The van der Waals surface area contributed by atoms with Crippen LogP contribution in [0.1, 0.15) is 16.1 Å². The number of amides is 1. The highest BCUT2D eigenvalue weighted by Crippen LogP contribution is 2.25. The highest BCUT2D eigenvalue weighted by Gasteiger charge is 2.13. The molecule has 5 nitrogen and oxygen atoms in total. The van der Waals surface area contributed by atoms with Crippen molar-refractivity contribution in [3.63, 3.8) is 0 Å². The fourth-order valence-electron chi connectivity index (χ4n) is 2.18. The SMILES string of the molecule is Cc1ccc(Cl)cc1NC(=O)c1cc(-c2ccc(F)c(O)c2)n[nH]1. The summed E-state index contributed by atoms with van der Waals surface area (Å²) < 4.78 is 13.1. The zero-order valence-corrected chi connectivity index (χ0v) is 13.4. The summed E-state index contributed by atoms with van der Waals surface area (Å²) in [6.45, 7) is 1.85. The van der Waals surface area contributed by atoms with Crippen molar-refractivity contribution < 1.29 is 14.3 Å². The fourth-order valence-corrected chi connectivity index (χ4v) is 2.35. The molecule has 0 radical (unpaired) electrons. The van der Waals surface area contributed by atoms with Gasteiger partial charge in [-0.1, -0.05) is 17.7 Å². The molecule has 3 aromatic rings. The molecule has 0 bridgehead atoms. The van der Waals surface area contributed by atoms with E-state index in [1.54, 1.807) is 18.2 Å². The number of benzene rings is 2. The molecule has 7 heteroatoms. The molecule has 122 valence electrons. The van der Waals surface area contributed by atoms with Gasteiger partial charge in [0.25, 0.3) is 5.91 Å². The molecular weight excluding hydrogens is 333 g/mol. The van der Waals surface area contributed by atoms with Gasteiger partial charge in [0.1, 0.15) is 5.69 Å². The number of aromatic hydroxyl groups is 1. The number of H-pyrrole nitrogens is 1. The number of carbonyl (C=O) groups is 1. The molecule has 1 aromatic heterocycles. The number of hydrogen-bond acceptors (Lipinski definition) is 3. The van der Waals surface area contributed by atoms with Crippen molar-refractivity contribution in [3.05, 3.63) is 64.6 Å². The molecule has 0 saturated carbocycles. The quantitative estimate of drug-likeness (QED) is 0.667. The van der Waals surface area contributed by atoms with Crippen molar-refractivity contribution in [3.8, 4) is 17.0 Å². The normalized spacial score (nSPS) is 10.6.